The van der Waals surface area contributed by atoms with Gasteiger partial charge in [0.15, 0.2) is 0 Å². The first-order valence-corrected chi connectivity index (χ1v) is 7.44. The molecule has 3 nitrogen and oxygen atoms in total. The fraction of sp³-hybridized carbons (Fsp3) is 0.400. The van der Waals surface area contributed by atoms with E-state index in [-0.39, 0.29) is 6.03 Å². The summed E-state index contributed by atoms with van der Waals surface area (Å²) in [5.74, 6) is 0. The molecular weight excluding hydrogens is 304 g/mol. The number of nitrogens with zero attached hydrogens (tertiary/aromatic N) is 1. The maximum Gasteiger partial charge on any atom is 0.321 e. The molecule has 0 spiro atoms. The molecule has 0 fully saturated rings. The SMILES string of the molecule is CCCN(CCC)C(=O)N/C=C/c1cccc(Br)c1. The van der Waals surface area contributed by atoms with Crippen LogP contribution in [0.25, 0.3) is 6.08 Å². The van der Waals surface area contributed by atoms with E-state index in [0.717, 1.165) is 36.0 Å². The Morgan fingerprint density at radius 1 is 1.32 bits per heavy atom. The number of hydrogen-bond donors (Lipinski definition) is 1. The maximum atomic E-state index is 11.9. The summed E-state index contributed by atoms with van der Waals surface area (Å²) in [4.78, 5) is 13.8. The quantitative estimate of drug-likeness (QED) is 0.833. The number of nitrogens with one attached hydrogen (secondary N) is 1. The van der Waals surface area contributed by atoms with Gasteiger partial charge in [-0.3, -0.25) is 0 Å². The van der Waals surface area contributed by atoms with Crippen molar-refractivity contribution < 1.29 is 4.79 Å². The Hall–Kier alpha value is -1.29. The molecule has 0 radical (unpaired) electrons. The first-order valence-electron chi connectivity index (χ1n) is 6.65. The molecule has 0 aliphatic heterocycles. The third-order valence-corrected chi connectivity index (χ3v) is 3.10. The molecule has 4 heteroatoms. The van der Waals surface area contributed by atoms with Crippen LogP contribution in [0.1, 0.15) is 32.3 Å². The Morgan fingerprint density at radius 3 is 2.58 bits per heavy atom. The van der Waals surface area contributed by atoms with Gasteiger partial charge in [-0.1, -0.05) is 41.9 Å². The van der Waals surface area contributed by atoms with E-state index in [1.54, 1.807) is 6.20 Å². The lowest BCUT2D eigenvalue weighted by molar-refractivity contribution is 0.201. The van der Waals surface area contributed by atoms with Gasteiger partial charge in [-0.25, -0.2) is 4.79 Å². The largest absolute Gasteiger partial charge is 0.325 e. The van der Waals surface area contributed by atoms with Crippen LogP contribution in [0.4, 0.5) is 4.79 Å². The van der Waals surface area contributed by atoms with Crippen molar-refractivity contribution in [3.05, 3.63) is 40.5 Å². The third-order valence-electron chi connectivity index (χ3n) is 2.61. The van der Waals surface area contributed by atoms with Crippen molar-refractivity contribution in [2.24, 2.45) is 0 Å². The lowest BCUT2D eigenvalue weighted by Crippen LogP contribution is -2.38. The number of amides is 2. The van der Waals surface area contributed by atoms with Gasteiger partial charge in [0.25, 0.3) is 0 Å². The number of carbonyl (C=O) groups is 1. The minimum Gasteiger partial charge on any atom is -0.325 e. The lowest BCUT2D eigenvalue weighted by Gasteiger charge is -2.20. The minimum atomic E-state index is -0.0325. The van der Waals surface area contributed by atoms with Crippen molar-refractivity contribution in [1.82, 2.24) is 10.2 Å². The second-order valence-electron chi connectivity index (χ2n) is 4.32. The molecule has 0 aliphatic rings. The summed E-state index contributed by atoms with van der Waals surface area (Å²) in [5, 5.41) is 2.81. The number of benzene rings is 1. The molecule has 0 aliphatic carbocycles. The van der Waals surface area contributed by atoms with Crippen LogP contribution in [0.15, 0.2) is 34.9 Å². The minimum absolute atomic E-state index is 0.0325. The molecule has 104 valence electrons. The Kier molecular flexibility index (Phi) is 7.26. The zero-order valence-electron chi connectivity index (χ0n) is 11.5. The van der Waals surface area contributed by atoms with Gasteiger partial charge in [-0.05, 0) is 36.6 Å². The van der Waals surface area contributed by atoms with Gasteiger partial charge in [0, 0.05) is 23.8 Å². The van der Waals surface area contributed by atoms with E-state index in [1.165, 1.54) is 0 Å². The molecule has 1 rings (SSSR count). The van der Waals surface area contributed by atoms with Crippen LogP contribution >= 0.6 is 15.9 Å². The van der Waals surface area contributed by atoms with Gasteiger partial charge in [0.2, 0.25) is 0 Å². The highest BCUT2D eigenvalue weighted by atomic mass is 79.9. The van der Waals surface area contributed by atoms with Gasteiger partial charge in [0.05, 0.1) is 0 Å². The van der Waals surface area contributed by atoms with Crippen molar-refractivity contribution in [3.63, 3.8) is 0 Å². The zero-order chi connectivity index (χ0) is 14.1. The van der Waals surface area contributed by atoms with Crippen LogP contribution < -0.4 is 5.32 Å². The van der Waals surface area contributed by atoms with E-state index in [0.29, 0.717) is 0 Å². The number of rotatable bonds is 6. The predicted octanol–water partition coefficient (Wildman–Crippen LogP) is 4.25. The number of hydrogen-bond acceptors (Lipinski definition) is 1. The summed E-state index contributed by atoms with van der Waals surface area (Å²) in [7, 11) is 0. The van der Waals surface area contributed by atoms with E-state index in [1.807, 2.05) is 35.2 Å². The van der Waals surface area contributed by atoms with Gasteiger partial charge in [-0.2, -0.15) is 0 Å². The summed E-state index contributed by atoms with van der Waals surface area (Å²) in [6.45, 7) is 5.75. The number of urea groups is 1. The summed E-state index contributed by atoms with van der Waals surface area (Å²) < 4.78 is 1.03. The third kappa shape index (κ3) is 5.92. The summed E-state index contributed by atoms with van der Waals surface area (Å²) in [5.41, 5.74) is 1.05. The van der Waals surface area contributed by atoms with E-state index < -0.39 is 0 Å². The standard InChI is InChI=1S/C15H21BrN2O/c1-3-10-18(11-4-2)15(19)17-9-8-13-6-5-7-14(16)12-13/h5-9,12H,3-4,10-11H2,1-2H3,(H,17,19)/b9-8+. The highest BCUT2D eigenvalue weighted by Gasteiger charge is 2.08. The summed E-state index contributed by atoms with van der Waals surface area (Å²) >= 11 is 3.42. The molecule has 0 aromatic heterocycles. The smallest absolute Gasteiger partial charge is 0.321 e. The number of halogens is 1. The molecule has 0 heterocycles. The monoisotopic (exact) mass is 324 g/mol. The first kappa shape index (κ1) is 15.8. The predicted molar refractivity (Wildman–Crippen MR) is 83.9 cm³/mol. The van der Waals surface area contributed by atoms with Gasteiger partial charge in [0.1, 0.15) is 0 Å². The fourth-order valence-electron chi connectivity index (χ4n) is 1.77. The van der Waals surface area contributed by atoms with Gasteiger partial charge in [-0.15, -0.1) is 0 Å². The van der Waals surface area contributed by atoms with E-state index in [9.17, 15) is 4.79 Å². The molecule has 1 aromatic carbocycles. The van der Waals surface area contributed by atoms with Crippen LogP contribution in [-0.4, -0.2) is 24.0 Å². The Labute approximate surface area is 123 Å². The molecular formula is C15H21BrN2O. The summed E-state index contributed by atoms with van der Waals surface area (Å²) in [6.07, 6.45) is 5.53. The van der Waals surface area contributed by atoms with E-state index >= 15 is 0 Å². The highest BCUT2D eigenvalue weighted by Crippen LogP contribution is 2.12. The highest BCUT2D eigenvalue weighted by molar-refractivity contribution is 9.10. The Morgan fingerprint density at radius 2 is 2.00 bits per heavy atom. The van der Waals surface area contributed by atoms with Crippen LogP contribution in [0, 0.1) is 0 Å². The second kappa shape index (κ2) is 8.75. The fourth-order valence-corrected chi connectivity index (χ4v) is 2.18. The van der Waals surface area contributed by atoms with Crippen molar-refractivity contribution >= 4 is 28.0 Å². The van der Waals surface area contributed by atoms with E-state index in [4.69, 9.17) is 0 Å². The van der Waals surface area contributed by atoms with Gasteiger partial charge < -0.3 is 10.2 Å². The van der Waals surface area contributed by atoms with Crippen molar-refractivity contribution in [2.75, 3.05) is 13.1 Å². The second-order valence-corrected chi connectivity index (χ2v) is 5.24. The molecule has 0 unspecified atom stereocenters. The van der Waals surface area contributed by atoms with Crippen molar-refractivity contribution in [2.45, 2.75) is 26.7 Å². The van der Waals surface area contributed by atoms with Crippen LogP contribution in [-0.2, 0) is 0 Å². The molecule has 19 heavy (non-hydrogen) atoms. The maximum absolute atomic E-state index is 11.9. The molecule has 1 aromatic rings. The van der Waals surface area contributed by atoms with Crippen LogP contribution in [0.2, 0.25) is 0 Å². The molecule has 0 atom stereocenters. The normalized spacial score (nSPS) is 10.7. The van der Waals surface area contributed by atoms with E-state index in [2.05, 4.69) is 35.1 Å². The topological polar surface area (TPSA) is 32.3 Å². The molecule has 0 bridgehead atoms. The van der Waals surface area contributed by atoms with Gasteiger partial charge >= 0.3 is 6.03 Å². The van der Waals surface area contributed by atoms with Crippen molar-refractivity contribution in [3.8, 4) is 0 Å². The zero-order valence-corrected chi connectivity index (χ0v) is 13.1. The summed E-state index contributed by atoms with van der Waals surface area (Å²) in [6, 6.07) is 7.89. The Balaban J connectivity index is 2.52. The Bertz CT molecular complexity index is 426. The molecule has 2 amide bonds. The average Bonchev–Trinajstić information content (AvgIpc) is 2.38. The first-order chi connectivity index (χ1) is 9.17. The van der Waals surface area contributed by atoms with Crippen molar-refractivity contribution in [1.29, 1.82) is 0 Å². The number of carbonyl (C=O) groups excluding carboxylic acids is 1. The van der Waals surface area contributed by atoms with Crippen LogP contribution in [0.5, 0.6) is 0 Å². The average molecular weight is 325 g/mol. The molecule has 1 N–H and O–H groups in total. The lowest BCUT2D eigenvalue weighted by atomic mass is 10.2. The molecule has 0 saturated carbocycles. The van der Waals surface area contributed by atoms with Crippen LogP contribution in [0.3, 0.4) is 0 Å². The molecule has 0 saturated heterocycles.